The van der Waals surface area contributed by atoms with Crippen LogP contribution in [0.25, 0.3) is 0 Å². The smallest absolute Gasteiger partial charge is 0.0591 e. The molecule has 0 fully saturated rings. The lowest BCUT2D eigenvalue weighted by molar-refractivity contribution is 0.0384. The van der Waals surface area contributed by atoms with E-state index >= 15 is 0 Å². The normalized spacial score (nSPS) is 14.4. The highest BCUT2D eigenvalue weighted by Crippen LogP contribution is 2.28. The molecule has 0 spiro atoms. The van der Waals surface area contributed by atoms with Gasteiger partial charge in [0.25, 0.3) is 0 Å². The van der Waals surface area contributed by atoms with E-state index < -0.39 is 0 Å². The molecule has 0 radical (unpaired) electrons. The van der Waals surface area contributed by atoms with Crippen LogP contribution in [0.2, 0.25) is 0 Å². The molecule has 1 heteroatoms. The quantitative estimate of drug-likeness (QED) is 0.584. The second-order valence-corrected chi connectivity index (χ2v) is 5.06. The van der Waals surface area contributed by atoms with E-state index in [2.05, 4.69) is 27.7 Å². The molecule has 0 rings (SSSR count). The Bertz CT molecular complexity index is 129. The Labute approximate surface area is 89.9 Å². The Hall–Kier alpha value is -0.0400. The van der Waals surface area contributed by atoms with Crippen LogP contribution >= 0.6 is 0 Å². The molecule has 0 bridgehead atoms. The van der Waals surface area contributed by atoms with Crippen molar-refractivity contribution in [3.63, 3.8) is 0 Å². The van der Waals surface area contributed by atoms with Gasteiger partial charge in [-0.3, -0.25) is 0 Å². The Morgan fingerprint density at radius 1 is 1.00 bits per heavy atom. The molecule has 0 aliphatic carbocycles. The number of aliphatic hydroxyl groups excluding tert-OH is 1. The zero-order chi connectivity index (χ0) is 11.0. The van der Waals surface area contributed by atoms with Gasteiger partial charge in [0.15, 0.2) is 0 Å². The molecule has 1 atom stereocenters. The van der Waals surface area contributed by atoms with Gasteiger partial charge < -0.3 is 5.11 Å². The molecular formula is C13H28O. The van der Waals surface area contributed by atoms with Gasteiger partial charge >= 0.3 is 0 Å². The first-order valence-electron chi connectivity index (χ1n) is 6.22. The van der Waals surface area contributed by atoms with Crippen LogP contribution < -0.4 is 0 Å². The second-order valence-electron chi connectivity index (χ2n) is 5.06. The Morgan fingerprint density at radius 2 is 1.57 bits per heavy atom. The maximum absolute atomic E-state index is 9.93. The highest BCUT2D eigenvalue weighted by Gasteiger charge is 2.24. The Kier molecular flexibility index (Phi) is 7.26. The van der Waals surface area contributed by atoms with Crippen LogP contribution in [-0.2, 0) is 0 Å². The van der Waals surface area contributed by atoms with E-state index in [0.29, 0.717) is 0 Å². The molecule has 1 unspecified atom stereocenters. The van der Waals surface area contributed by atoms with Crippen LogP contribution in [0.4, 0.5) is 0 Å². The molecule has 0 heterocycles. The van der Waals surface area contributed by atoms with Gasteiger partial charge in [-0.15, -0.1) is 0 Å². The minimum absolute atomic E-state index is 0.102. The van der Waals surface area contributed by atoms with Crippen molar-refractivity contribution in [3.8, 4) is 0 Å². The maximum atomic E-state index is 9.93. The summed E-state index contributed by atoms with van der Waals surface area (Å²) in [5.74, 6) is 0. The van der Waals surface area contributed by atoms with Crippen LogP contribution in [0.5, 0.6) is 0 Å². The first kappa shape index (κ1) is 14.0. The van der Waals surface area contributed by atoms with E-state index in [9.17, 15) is 5.11 Å². The van der Waals surface area contributed by atoms with Gasteiger partial charge in [-0.2, -0.15) is 0 Å². The summed E-state index contributed by atoms with van der Waals surface area (Å²) >= 11 is 0. The molecule has 0 saturated carbocycles. The van der Waals surface area contributed by atoms with Crippen LogP contribution in [0, 0.1) is 5.41 Å². The summed E-state index contributed by atoms with van der Waals surface area (Å²) in [6.45, 7) is 8.70. The molecule has 0 aliphatic rings. The Morgan fingerprint density at radius 3 is 2.07 bits per heavy atom. The lowest BCUT2D eigenvalue weighted by atomic mass is 9.81. The van der Waals surface area contributed by atoms with Crippen molar-refractivity contribution in [3.05, 3.63) is 0 Å². The highest BCUT2D eigenvalue weighted by atomic mass is 16.3. The Balaban J connectivity index is 3.48. The van der Waals surface area contributed by atoms with E-state index in [4.69, 9.17) is 0 Å². The first-order chi connectivity index (χ1) is 6.54. The SMILES string of the molecule is CCCCCCCC(O)C(C)(C)CC. The van der Waals surface area contributed by atoms with Crippen molar-refractivity contribution in [2.24, 2.45) is 5.41 Å². The molecule has 1 N–H and O–H groups in total. The summed E-state index contributed by atoms with van der Waals surface area (Å²) in [6, 6.07) is 0. The first-order valence-corrected chi connectivity index (χ1v) is 6.22. The van der Waals surface area contributed by atoms with Crippen LogP contribution in [0.15, 0.2) is 0 Å². The average molecular weight is 200 g/mol. The highest BCUT2D eigenvalue weighted by molar-refractivity contribution is 4.75. The van der Waals surface area contributed by atoms with Gasteiger partial charge in [0, 0.05) is 0 Å². The molecule has 0 aromatic heterocycles. The van der Waals surface area contributed by atoms with Crippen molar-refractivity contribution in [2.75, 3.05) is 0 Å². The molecule has 0 aromatic rings. The van der Waals surface area contributed by atoms with Crippen molar-refractivity contribution in [2.45, 2.75) is 78.7 Å². The predicted molar refractivity (Wildman–Crippen MR) is 63.5 cm³/mol. The lowest BCUT2D eigenvalue weighted by Gasteiger charge is -2.29. The molecule has 86 valence electrons. The fourth-order valence-electron chi connectivity index (χ4n) is 1.57. The second kappa shape index (κ2) is 7.28. The van der Waals surface area contributed by atoms with Gasteiger partial charge in [-0.1, -0.05) is 59.8 Å². The third kappa shape index (κ3) is 5.64. The van der Waals surface area contributed by atoms with E-state index in [0.717, 1.165) is 12.8 Å². The standard InChI is InChI=1S/C13H28O/c1-5-7-8-9-10-11-12(14)13(3,4)6-2/h12,14H,5-11H2,1-4H3. The number of rotatable bonds is 8. The molecule has 0 saturated heterocycles. The summed E-state index contributed by atoms with van der Waals surface area (Å²) < 4.78 is 0. The number of hydrogen-bond acceptors (Lipinski definition) is 1. The van der Waals surface area contributed by atoms with Gasteiger partial charge in [0.05, 0.1) is 6.10 Å². The molecule has 1 nitrogen and oxygen atoms in total. The fraction of sp³-hybridized carbons (Fsp3) is 1.00. The lowest BCUT2D eigenvalue weighted by Crippen LogP contribution is -2.28. The van der Waals surface area contributed by atoms with E-state index in [-0.39, 0.29) is 11.5 Å². The number of unbranched alkanes of at least 4 members (excludes halogenated alkanes) is 4. The van der Waals surface area contributed by atoms with E-state index in [1.165, 1.54) is 32.1 Å². The van der Waals surface area contributed by atoms with Crippen molar-refractivity contribution in [1.29, 1.82) is 0 Å². The van der Waals surface area contributed by atoms with Crippen molar-refractivity contribution < 1.29 is 5.11 Å². The average Bonchev–Trinajstić information content (AvgIpc) is 2.17. The fourth-order valence-corrected chi connectivity index (χ4v) is 1.57. The molecule has 14 heavy (non-hydrogen) atoms. The number of hydrogen-bond donors (Lipinski definition) is 1. The third-order valence-corrected chi connectivity index (χ3v) is 3.39. The monoisotopic (exact) mass is 200 g/mol. The van der Waals surface area contributed by atoms with Gasteiger partial charge in [-0.25, -0.2) is 0 Å². The molecule has 0 aromatic carbocycles. The zero-order valence-electron chi connectivity index (χ0n) is 10.5. The molecular weight excluding hydrogens is 172 g/mol. The van der Waals surface area contributed by atoms with Crippen molar-refractivity contribution in [1.82, 2.24) is 0 Å². The predicted octanol–water partition coefficient (Wildman–Crippen LogP) is 4.14. The minimum atomic E-state index is -0.117. The van der Waals surface area contributed by atoms with Gasteiger partial charge in [0.2, 0.25) is 0 Å². The topological polar surface area (TPSA) is 20.2 Å². The van der Waals surface area contributed by atoms with Crippen molar-refractivity contribution >= 4 is 0 Å². The maximum Gasteiger partial charge on any atom is 0.0591 e. The van der Waals surface area contributed by atoms with E-state index in [1.54, 1.807) is 0 Å². The summed E-state index contributed by atoms with van der Waals surface area (Å²) in [7, 11) is 0. The van der Waals surface area contributed by atoms with Gasteiger partial charge in [-0.05, 0) is 18.3 Å². The van der Waals surface area contributed by atoms with Crippen LogP contribution in [-0.4, -0.2) is 11.2 Å². The minimum Gasteiger partial charge on any atom is -0.393 e. The summed E-state index contributed by atoms with van der Waals surface area (Å²) in [5, 5.41) is 9.93. The zero-order valence-corrected chi connectivity index (χ0v) is 10.5. The van der Waals surface area contributed by atoms with Gasteiger partial charge in [0.1, 0.15) is 0 Å². The third-order valence-electron chi connectivity index (χ3n) is 3.39. The summed E-state index contributed by atoms with van der Waals surface area (Å²) in [6.07, 6.45) is 8.35. The summed E-state index contributed by atoms with van der Waals surface area (Å²) in [4.78, 5) is 0. The van der Waals surface area contributed by atoms with Crippen LogP contribution in [0.3, 0.4) is 0 Å². The van der Waals surface area contributed by atoms with Crippen LogP contribution in [0.1, 0.15) is 72.6 Å². The van der Waals surface area contributed by atoms with E-state index in [1.807, 2.05) is 0 Å². The largest absolute Gasteiger partial charge is 0.393 e. The molecule has 0 amide bonds. The number of aliphatic hydroxyl groups is 1. The molecule has 0 aliphatic heterocycles. The summed E-state index contributed by atoms with van der Waals surface area (Å²) in [5.41, 5.74) is 0.102.